The zero-order valence-corrected chi connectivity index (χ0v) is 8.71. The third-order valence-electron chi connectivity index (χ3n) is 1.43. The fraction of sp³-hybridized carbons (Fsp3) is 0.714. The van der Waals surface area contributed by atoms with Gasteiger partial charge < -0.3 is 11.2 Å². The van der Waals surface area contributed by atoms with Crippen molar-refractivity contribution in [2.24, 2.45) is 0 Å². The normalized spacial score (nSPS) is 11.0. The fourth-order valence-corrected chi connectivity index (χ4v) is 1.53. The Balaban J connectivity index is 2.17. The molecule has 1 heterocycles. The van der Waals surface area contributed by atoms with E-state index in [2.05, 4.69) is 29.4 Å². The summed E-state index contributed by atoms with van der Waals surface area (Å²) in [5.41, 5.74) is 0. The van der Waals surface area contributed by atoms with Crippen molar-refractivity contribution in [1.29, 1.82) is 0 Å². The van der Waals surface area contributed by atoms with Crippen molar-refractivity contribution in [1.82, 2.24) is 20.2 Å². The van der Waals surface area contributed by atoms with Gasteiger partial charge in [-0.15, -0.1) is 10.2 Å². The second kappa shape index (κ2) is 5.08. The molecule has 0 amide bonds. The largest absolute Gasteiger partial charge is 0.336 e. The first kappa shape index (κ1) is 10.3. The molecule has 0 aliphatic carbocycles. The average molecular weight is 201 g/mol. The van der Waals surface area contributed by atoms with Crippen LogP contribution in [0.1, 0.15) is 13.8 Å². The minimum Gasteiger partial charge on any atom is -0.336 e. The molecule has 0 aliphatic heterocycles. The summed E-state index contributed by atoms with van der Waals surface area (Å²) in [5, 5.41) is 11.6. The number of nitrogens with two attached hydrogens (primary N) is 1. The predicted octanol–water partition coefficient (Wildman–Crippen LogP) is 0.0820. The van der Waals surface area contributed by atoms with Crippen LogP contribution in [0.15, 0.2) is 11.5 Å². The average Bonchev–Trinajstić information content (AvgIpc) is 2.45. The van der Waals surface area contributed by atoms with E-state index < -0.39 is 0 Å². The van der Waals surface area contributed by atoms with Gasteiger partial charge in [-0.3, -0.25) is 0 Å². The van der Waals surface area contributed by atoms with Gasteiger partial charge in [-0.2, -0.15) is 0 Å². The van der Waals surface area contributed by atoms with Crippen molar-refractivity contribution < 1.29 is 0 Å². The van der Waals surface area contributed by atoms with Crippen molar-refractivity contribution in [3.63, 3.8) is 0 Å². The molecule has 1 aromatic rings. The van der Waals surface area contributed by atoms with Crippen LogP contribution < -0.4 is 11.2 Å². The summed E-state index contributed by atoms with van der Waals surface area (Å²) in [6.07, 6.45) is 1.50. The van der Waals surface area contributed by atoms with Crippen LogP contribution in [0.2, 0.25) is 0 Å². The summed E-state index contributed by atoms with van der Waals surface area (Å²) in [6, 6.07) is 0.524. The summed E-state index contributed by atoms with van der Waals surface area (Å²) >= 11 is 1.60. The van der Waals surface area contributed by atoms with Gasteiger partial charge in [-0.05, 0) is 0 Å². The quantitative estimate of drug-likeness (QED) is 0.401. The number of thioether (sulfide) groups is 1. The minimum absolute atomic E-state index is 0.524. The van der Waals surface area contributed by atoms with Gasteiger partial charge in [0, 0.05) is 18.3 Å². The Morgan fingerprint density at radius 3 is 3.00 bits per heavy atom. The van der Waals surface area contributed by atoms with Crippen molar-refractivity contribution in [3.05, 3.63) is 6.33 Å². The Labute approximate surface area is 82.1 Å². The van der Waals surface area contributed by atoms with Gasteiger partial charge in [0.1, 0.15) is 6.33 Å². The maximum Gasteiger partial charge on any atom is 0.209 e. The van der Waals surface area contributed by atoms with E-state index in [0.717, 1.165) is 17.5 Å². The number of hydrogen-bond acceptors (Lipinski definition) is 5. The Hall–Kier alpha value is -0.750. The molecule has 0 aromatic carbocycles. The van der Waals surface area contributed by atoms with E-state index in [1.807, 2.05) is 0 Å². The van der Waals surface area contributed by atoms with Crippen molar-refractivity contribution in [2.45, 2.75) is 25.0 Å². The minimum atomic E-state index is 0.524. The molecule has 0 radical (unpaired) electrons. The first-order valence-corrected chi connectivity index (χ1v) is 5.20. The van der Waals surface area contributed by atoms with Gasteiger partial charge in [0.15, 0.2) is 0 Å². The topological polar surface area (TPSA) is 68.8 Å². The molecule has 0 saturated carbocycles. The number of aromatic nitrogens is 3. The van der Waals surface area contributed by atoms with E-state index in [1.54, 1.807) is 11.8 Å². The van der Waals surface area contributed by atoms with Crippen LogP contribution in [0.25, 0.3) is 0 Å². The number of nitrogens with zero attached hydrogens (tertiary/aromatic N) is 3. The fourth-order valence-electron chi connectivity index (χ4n) is 0.825. The lowest BCUT2D eigenvalue weighted by atomic mass is 10.4. The predicted molar refractivity (Wildman–Crippen MR) is 54.0 cm³/mol. The number of nitrogens with one attached hydrogen (secondary N) is 1. The summed E-state index contributed by atoms with van der Waals surface area (Å²) < 4.78 is 1.43. The van der Waals surface area contributed by atoms with Gasteiger partial charge in [0.25, 0.3) is 0 Å². The van der Waals surface area contributed by atoms with Crippen LogP contribution in [-0.4, -0.2) is 33.2 Å². The van der Waals surface area contributed by atoms with Crippen LogP contribution in [0.3, 0.4) is 0 Å². The van der Waals surface area contributed by atoms with Gasteiger partial charge >= 0.3 is 0 Å². The highest BCUT2D eigenvalue weighted by Crippen LogP contribution is 2.10. The molecule has 0 atom stereocenters. The lowest BCUT2D eigenvalue weighted by Gasteiger charge is -2.06. The highest BCUT2D eigenvalue weighted by molar-refractivity contribution is 7.99. The molecule has 0 saturated heterocycles. The molecule has 13 heavy (non-hydrogen) atoms. The summed E-state index contributed by atoms with van der Waals surface area (Å²) in [4.78, 5) is 0. The first-order chi connectivity index (χ1) is 6.20. The Morgan fingerprint density at radius 1 is 1.69 bits per heavy atom. The monoisotopic (exact) mass is 201 g/mol. The molecule has 0 unspecified atom stereocenters. The van der Waals surface area contributed by atoms with Crippen LogP contribution in [-0.2, 0) is 0 Å². The number of nitrogen functional groups attached to an aromatic ring is 1. The second-order valence-electron chi connectivity index (χ2n) is 2.98. The molecule has 0 bridgehead atoms. The maximum absolute atomic E-state index is 5.53. The smallest absolute Gasteiger partial charge is 0.209 e. The molecule has 1 rings (SSSR count). The van der Waals surface area contributed by atoms with Gasteiger partial charge in [0.05, 0.1) is 0 Å². The summed E-state index contributed by atoms with van der Waals surface area (Å²) in [7, 11) is 0. The van der Waals surface area contributed by atoms with Gasteiger partial charge in [-0.25, -0.2) is 4.68 Å². The zero-order chi connectivity index (χ0) is 9.68. The third kappa shape index (κ3) is 3.65. The molecule has 0 fully saturated rings. The Morgan fingerprint density at radius 2 is 2.46 bits per heavy atom. The molecule has 0 aliphatic rings. The summed E-state index contributed by atoms with van der Waals surface area (Å²) in [5.74, 6) is 6.49. The second-order valence-corrected chi connectivity index (χ2v) is 4.04. The highest BCUT2D eigenvalue weighted by Gasteiger charge is 2.00. The van der Waals surface area contributed by atoms with Crippen molar-refractivity contribution in [3.8, 4) is 0 Å². The molecule has 1 aromatic heterocycles. The molecule has 5 nitrogen and oxygen atoms in total. The van der Waals surface area contributed by atoms with Crippen LogP contribution in [0.5, 0.6) is 0 Å². The molecule has 6 heteroatoms. The van der Waals surface area contributed by atoms with E-state index >= 15 is 0 Å². The van der Waals surface area contributed by atoms with Crippen LogP contribution in [0.4, 0.5) is 0 Å². The SMILES string of the molecule is CC(C)NCCSc1nncn1N. The standard InChI is InChI=1S/C7H15N5S/c1-6(2)9-3-4-13-7-11-10-5-12(7)8/h5-6,9H,3-4,8H2,1-2H3. The van der Waals surface area contributed by atoms with Crippen LogP contribution in [0, 0.1) is 0 Å². The highest BCUT2D eigenvalue weighted by atomic mass is 32.2. The number of rotatable bonds is 5. The summed E-state index contributed by atoms with van der Waals surface area (Å²) in [6.45, 7) is 5.20. The van der Waals surface area contributed by atoms with Gasteiger partial charge in [0.2, 0.25) is 5.16 Å². The van der Waals surface area contributed by atoms with E-state index in [9.17, 15) is 0 Å². The lowest BCUT2D eigenvalue weighted by molar-refractivity contribution is 0.615. The molecule has 0 spiro atoms. The number of hydrogen-bond donors (Lipinski definition) is 2. The molecular formula is C7H15N5S. The lowest BCUT2D eigenvalue weighted by Crippen LogP contribution is -2.25. The van der Waals surface area contributed by atoms with E-state index in [4.69, 9.17) is 5.84 Å². The maximum atomic E-state index is 5.53. The molecule has 3 N–H and O–H groups in total. The Bertz CT molecular complexity index is 247. The van der Waals surface area contributed by atoms with Crippen LogP contribution >= 0.6 is 11.8 Å². The van der Waals surface area contributed by atoms with E-state index in [-0.39, 0.29) is 0 Å². The van der Waals surface area contributed by atoms with Crippen molar-refractivity contribution in [2.75, 3.05) is 18.1 Å². The Kier molecular flexibility index (Phi) is 4.04. The first-order valence-electron chi connectivity index (χ1n) is 4.21. The van der Waals surface area contributed by atoms with E-state index in [1.165, 1.54) is 11.0 Å². The van der Waals surface area contributed by atoms with E-state index in [0.29, 0.717) is 6.04 Å². The van der Waals surface area contributed by atoms with Gasteiger partial charge in [-0.1, -0.05) is 25.6 Å². The van der Waals surface area contributed by atoms with Crippen molar-refractivity contribution >= 4 is 11.8 Å². The zero-order valence-electron chi connectivity index (χ0n) is 7.90. The third-order valence-corrected chi connectivity index (χ3v) is 2.38. The molecular weight excluding hydrogens is 186 g/mol. The molecule has 74 valence electrons.